The molecular weight excluding hydrogens is 230 g/mol. The van der Waals surface area contributed by atoms with Crippen molar-refractivity contribution < 1.29 is 9.53 Å². The first-order valence-corrected chi connectivity index (χ1v) is 6.98. The average Bonchev–Trinajstić information content (AvgIpc) is 2.85. The third-order valence-corrected chi connectivity index (χ3v) is 4.20. The molecule has 2 saturated heterocycles. The van der Waals surface area contributed by atoms with Crippen LogP contribution in [0.5, 0.6) is 0 Å². The first-order chi connectivity index (χ1) is 8.69. The monoisotopic (exact) mass is 255 g/mol. The van der Waals surface area contributed by atoms with Gasteiger partial charge in [0.1, 0.15) is 0 Å². The van der Waals surface area contributed by atoms with Crippen LogP contribution in [0.15, 0.2) is 0 Å². The van der Waals surface area contributed by atoms with Crippen molar-refractivity contribution in [3.05, 3.63) is 0 Å². The number of methoxy groups -OCH3 is 1. The van der Waals surface area contributed by atoms with E-state index in [0.717, 1.165) is 45.6 Å². The highest BCUT2D eigenvalue weighted by atomic mass is 16.5. The van der Waals surface area contributed by atoms with Crippen LogP contribution >= 0.6 is 0 Å². The van der Waals surface area contributed by atoms with Gasteiger partial charge in [-0.2, -0.15) is 0 Å². The number of nitrogens with zero attached hydrogens (tertiary/aromatic N) is 2. The fourth-order valence-electron chi connectivity index (χ4n) is 2.95. The van der Waals surface area contributed by atoms with Crippen molar-refractivity contribution in [3.8, 4) is 0 Å². The second kappa shape index (κ2) is 6.50. The number of likely N-dealkylation sites (tertiary alicyclic amines) is 2. The summed E-state index contributed by atoms with van der Waals surface area (Å²) in [5.74, 6) is -0.109. The number of ether oxygens (including phenoxy) is 1. The number of carbonyl (C=O) groups excluding carboxylic acids is 1. The average molecular weight is 255 g/mol. The number of nitrogens with two attached hydrogens (primary N) is 1. The molecule has 0 spiro atoms. The Kier molecular flexibility index (Phi) is 4.97. The van der Waals surface area contributed by atoms with E-state index in [1.165, 1.54) is 13.5 Å². The van der Waals surface area contributed by atoms with Crippen LogP contribution in [0.4, 0.5) is 0 Å². The third kappa shape index (κ3) is 3.67. The summed E-state index contributed by atoms with van der Waals surface area (Å²) in [6.45, 7) is 5.29. The predicted molar refractivity (Wildman–Crippen MR) is 70.3 cm³/mol. The first kappa shape index (κ1) is 13.8. The maximum atomic E-state index is 11.1. The van der Waals surface area contributed by atoms with Crippen molar-refractivity contribution in [2.45, 2.75) is 37.8 Å². The molecule has 0 aliphatic carbocycles. The molecule has 2 heterocycles. The van der Waals surface area contributed by atoms with Crippen molar-refractivity contribution in [1.29, 1.82) is 0 Å². The van der Waals surface area contributed by atoms with Gasteiger partial charge in [0.15, 0.2) is 0 Å². The normalized spacial score (nSPS) is 27.6. The lowest BCUT2D eigenvalue weighted by Crippen LogP contribution is -2.46. The number of rotatable bonds is 4. The minimum atomic E-state index is -0.109. The first-order valence-electron chi connectivity index (χ1n) is 6.98. The molecule has 0 aromatic heterocycles. The fourth-order valence-corrected chi connectivity index (χ4v) is 2.95. The van der Waals surface area contributed by atoms with Crippen molar-refractivity contribution in [1.82, 2.24) is 9.80 Å². The Morgan fingerprint density at radius 1 is 1.28 bits per heavy atom. The maximum absolute atomic E-state index is 11.1. The molecule has 0 saturated carbocycles. The van der Waals surface area contributed by atoms with Crippen molar-refractivity contribution in [2.24, 2.45) is 5.73 Å². The van der Waals surface area contributed by atoms with E-state index < -0.39 is 0 Å². The van der Waals surface area contributed by atoms with E-state index in [1.807, 2.05) is 0 Å². The van der Waals surface area contributed by atoms with Gasteiger partial charge in [0.05, 0.1) is 13.5 Å². The lowest BCUT2D eigenvalue weighted by atomic mass is 10.0. The van der Waals surface area contributed by atoms with Gasteiger partial charge in [0, 0.05) is 25.2 Å². The molecule has 2 aliphatic rings. The number of esters is 1. The summed E-state index contributed by atoms with van der Waals surface area (Å²) in [5.41, 5.74) is 5.93. The SMILES string of the molecule is COC(=O)CCN1CCC(N2CCC(N)CC2)C1. The van der Waals surface area contributed by atoms with Gasteiger partial charge >= 0.3 is 5.97 Å². The molecule has 2 fully saturated rings. The van der Waals surface area contributed by atoms with E-state index >= 15 is 0 Å². The standard InChI is InChI=1S/C13H25N3O2/c1-18-13(17)5-7-15-6-4-12(10-15)16-8-2-11(14)3-9-16/h11-12H,2-10,14H2,1H3. The summed E-state index contributed by atoms with van der Waals surface area (Å²) in [4.78, 5) is 16.1. The van der Waals surface area contributed by atoms with Gasteiger partial charge in [-0.05, 0) is 38.9 Å². The van der Waals surface area contributed by atoms with Crippen LogP contribution in [0.25, 0.3) is 0 Å². The summed E-state index contributed by atoms with van der Waals surface area (Å²) in [6, 6.07) is 1.06. The zero-order valence-corrected chi connectivity index (χ0v) is 11.3. The van der Waals surface area contributed by atoms with Crippen LogP contribution in [0.1, 0.15) is 25.7 Å². The second-order valence-corrected chi connectivity index (χ2v) is 5.44. The summed E-state index contributed by atoms with van der Waals surface area (Å²) < 4.78 is 4.68. The number of hydrogen-bond donors (Lipinski definition) is 1. The van der Waals surface area contributed by atoms with E-state index in [2.05, 4.69) is 14.5 Å². The highest BCUT2D eigenvalue weighted by Gasteiger charge is 2.29. The number of carbonyl (C=O) groups is 1. The number of hydrogen-bond acceptors (Lipinski definition) is 5. The molecule has 0 radical (unpaired) electrons. The number of piperidine rings is 1. The van der Waals surface area contributed by atoms with Crippen LogP contribution in [-0.4, -0.2) is 67.7 Å². The Morgan fingerprint density at radius 2 is 2.00 bits per heavy atom. The Balaban J connectivity index is 1.69. The molecule has 0 amide bonds. The second-order valence-electron chi connectivity index (χ2n) is 5.44. The van der Waals surface area contributed by atoms with Crippen molar-refractivity contribution in [3.63, 3.8) is 0 Å². The fraction of sp³-hybridized carbons (Fsp3) is 0.923. The lowest BCUT2D eigenvalue weighted by Gasteiger charge is -2.34. The third-order valence-electron chi connectivity index (χ3n) is 4.20. The molecule has 2 aliphatic heterocycles. The minimum Gasteiger partial charge on any atom is -0.469 e. The van der Waals surface area contributed by atoms with Gasteiger partial charge in [0.25, 0.3) is 0 Å². The van der Waals surface area contributed by atoms with Gasteiger partial charge in [-0.1, -0.05) is 0 Å². The van der Waals surface area contributed by atoms with Crippen LogP contribution in [0, 0.1) is 0 Å². The topological polar surface area (TPSA) is 58.8 Å². The molecule has 1 atom stereocenters. The molecule has 0 aromatic rings. The molecular formula is C13H25N3O2. The molecule has 2 N–H and O–H groups in total. The van der Waals surface area contributed by atoms with E-state index in [0.29, 0.717) is 18.5 Å². The van der Waals surface area contributed by atoms with Crippen LogP contribution in [0.3, 0.4) is 0 Å². The highest BCUT2D eigenvalue weighted by Crippen LogP contribution is 2.19. The molecule has 18 heavy (non-hydrogen) atoms. The summed E-state index contributed by atoms with van der Waals surface area (Å²) in [5, 5.41) is 0. The quantitative estimate of drug-likeness (QED) is 0.719. The predicted octanol–water partition coefficient (Wildman–Crippen LogP) is 0.0469. The highest BCUT2D eigenvalue weighted by molar-refractivity contribution is 5.69. The smallest absolute Gasteiger partial charge is 0.306 e. The van der Waals surface area contributed by atoms with Crippen LogP contribution < -0.4 is 5.73 Å². The van der Waals surface area contributed by atoms with Gasteiger partial charge in [-0.15, -0.1) is 0 Å². The molecule has 104 valence electrons. The lowest BCUT2D eigenvalue weighted by molar-refractivity contribution is -0.140. The summed E-state index contributed by atoms with van der Waals surface area (Å²) in [7, 11) is 1.45. The molecule has 5 nitrogen and oxygen atoms in total. The molecule has 2 rings (SSSR count). The zero-order valence-electron chi connectivity index (χ0n) is 11.3. The Morgan fingerprint density at radius 3 is 2.67 bits per heavy atom. The Hall–Kier alpha value is -0.650. The van der Waals surface area contributed by atoms with Crippen LogP contribution in [0.2, 0.25) is 0 Å². The zero-order chi connectivity index (χ0) is 13.0. The van der Waals surface area contributed by atoms with E-state index in [-0.39, 0.29) is 5.97 Å². The molecule has 1 unspecified atom stereocenters. The Labute approximate surface area is 109 Å². The van der Waals surface area contributed by atoms with E-state index in [4.69, 9.17) is 5.73 Å². The van der Waals surface area contributed by atoms with Gasteiger partial charge in [-0.25, -0.2) is 0 Å². The van der Waals surface area contributed by atoms with Crippen molar-refractivity contribution >= 4 is 5.97 Å². The summed E-state index contributed by atoms with van der Waals surface area (Å²) in [6.07, 6.45) is 3.97. The van der Waals surface area contributed by atoms with Gasteiger partial charge in [0.2, 0.25) is 0 Å². The Bertz CT molecular complexity index is 277. The minimum absolute atomic E-state index is 0.109. The molecule has 5 heteroatoms. The van der Waals surface area contributed by atoms with Gasteiger partial charge in [-0.3, -0.25) is 9.69 Å². The maximum Gasteiger partial charge on any atom is 0.306 e. The largest absolute Gasteiger partial charge is 0.469 e. The van der Waals surface area contributed by atoms with Crippen LogP contribution in [-0.2, 0) is 9.53 Å². The van der Waals surface area contributed by atoms with E-state index in [1.54, 1.807) is 0 Å². The summed E-state index contributed by atoms with van der Waals surface area (Å²) >= 11 is 0. The molecule has 0 bridgehead atoms. The van der Waals surface area contributed by atoms with Crippen molar-refractivity contribution in [2.75, 3.05) is 39.8 Å². The molecule has 0 aromatic carbocycles. The van der Waals surface area contributed by atoms with E-state index in [9.17, 15) is 4.79 Å². The van der Waals surface area contributed by atoms with Gasteiger partial charge < -0.3 is 15.4 Å².